The Bertz CT molecular complexity index is 306. The van der Waals surface area contributed by atoms with Gasteiger partial charge in [0.1, 0.15) is 5.69 Å². The average molecular weight is 184 g/mol. The van der Waals surface area contributed by atoms with Gasteiger partial charge in [-0.05, 0) is 6.92 Å². The molecule has 0 spiro atoms. The highest BCUT2D eigenvalue weighted by molar-refractivity contribution is 5.94. The molecule has 1 heterocycles. The molecule has 0 saturated carbocycles. The van der Waals surface area contributed by atoms with Crippen LogP contribution in [0.5, 0.6) is 5.75 Å². The summed E-state index contributed by atoms with van der Waals surface area (Å²) in [5.74, 6) is -0.0219. The molecular weight excluding hydrogens is 172 g/mol. The van der Waals surface area contributed by atoms with Crippen LogP contribution in [-0.2, 0) is 4.74 Å². The molecule has 0 bridgehead atoms. The molecule has 0 aliphatic carbocycles. The second-order valence-electron chi connectivity index (χ2n) is 2.37. The summed E-state index contributed by atoms with van der Waals surface area (Å²) in [6, 6.07) is 0. The van der Waals surface area contributed by atoms with Gasteiger partial charge in [-0.3, -0.25) is 0 Å². The fourth-order valence-corrected chi connectivity index (χ4v) is 0.957. The van der Waals surface area contributed by atoms with Crippen molar-refractivity contribution in [2.45, 2.75) is 6.92 Å². The second-order valence-corrected chi connectivity index (χ2v) is 2.37. The minimum absolute atomic E-state index is 0.235. The van der Waals surface area contributed by atoms with E-state index in [-0.39, 0.29) is 11.4 Å². The highest BCUT2D eigenvalue weighted by Crippen LogP contribution is 2.24. The molecule has 5 nitrogen and oxygen atoms in total. The number of nitrogens with two attached hydrogens (primary N) is 1. The molecule has 0 radical (unpaired) electrons. The van der Waals surface area contributed by atoms with Gasteiger partial charge in [0, 0.05) is 6.20 Å². The number of carbonyl (C=O) groups is 1. The van der Waals surface area contributed by atoms with Gasteiger partial charge < -0.3 is 20.2 Å². The van der Waals surface area contributed by atoms with Crippen molar-refractivity contribution >= 4 is 11.7 Å². The lowest BCUT2D eigenvalue weighted by atomic mass is 10.3. The van der Waals surface area contributed by atoms with Gasteiger partial charge in [0.15, 0.2) is 11.4 Å². The number of methoxy groups -OCH3 is 1. The number of H-pyrrole nitrogens is 1. The van der Waals surface area contributed by atoms with Crippen LogP contribution in [0.15, 0.2) is 6.20 Å². The van der Waals surface area contributed by atoms with Crippen LogP contribution in [0, 0.1) is 0 Å². The number of anilines is 1. The van der Waals surface area contributed by atoms with Crippen molar-refractivity contribution < 1.29 is 14.3 Å². The van der Waals surface area contributed by atoms with E-state index in [2.05, 4.69) is 4.98 Å². The van der Waals surface area contributed by atoms with Crippen LogP contribution >= 0.6 is 0 Å². The third kappa shape index (κ3) is 1.74. The van der Waals surface area contributed by atoms with Crippen LogP contribution in [0.25, 0.3) is 0 Å². The Balaban J connectivity index is 2.89. The molecule has 0 saturated heterocycles. The van der Waals surface area contributed by atoms with E-state index in [1.165, 1.54) is 13.3 Å². The first-order chi connectivity index (χ1) is 6.20. The number of esters is 1. The molecule has 3 N–H and O–H groups in total. The van der Waals surface area contributed by atoms with E-state index < -0.39 is 5.97 Å². The van der Waals surface area contributed by atoms with E-state index in [0.717, 1.165) is 0 Å². The second kappa shape index (κ2) is 3.84. The fourth-order valence-electron chi connectivity index (χ4n) is 0.957. The average Bonchev–Trinajstić information content (AvgIpc) is 2.47. The normalized spacial score (nSPS) is 9.69. The molecule has 0 aliphatic heterocycles. The zero-order valence-corrected chi connectivity index (χ0v) is 7.59. The van der Waals surface area contributed by atoms with Crippen molar-refractivity contribution in [3.8, 4) is 5.75 Å². The van der Waals surface area contributed by atoms with Gasteiger partial charge in [-0.1, -0.05) is 0 Å². The lowest BCUT2D eigenvalue weighted by Crippen LogP contribution is -2.07. The van der Waals surface area contributed by atoms with E-state index in [0.29, 0.717) is 12.4 Å². The van der Waals surface area contributed by atoms with Crippen LogP contribution < -0.4 is 10.5 Å². The molecule has 0 aromatic carbocycles. The van der Waals surface area contributed by atoms with Crippen LogP contribution in [-0.4, -0.2) is 24.7 Å². The lowest BCUT2D eigenvalue weighted by Gasteiger charge is -2.00. The molecular formula is C8H12N2O3. The first-order valence-electron chi connectivity index (χ1n) is 3.88. The topological polar surface area (TPSA) is 77.3 Å². The molecule has 1 aromatic heterocycles. The minimum atomic E-state index is -0.469. The number of aromatic amines is 1. The van der Waals surface area contributed by atoms with Gasteiger partial charge in [-0.2, -0.15) is 0 Å². The Morgan fingerprint density at radius 1 is 1.69 bits per heavy atom. The molecule has 0 atom stereocenters. The highest BCUT2D eigenvalue weighted by atomic mass is 16.5. The maximum absolute atomic E-state index is 11.2. The maximum Gasteiger partial charge on any atom is 0.357 e. The van der Waals surface area contributed by atoms with Crippen molar-refractivity contribution in [3.63, 3.8) is 0 Å². The predicted octanol–water partition coefficient (Wildman–Crippen LogP) is 0.782. The highest BCUT2D eigenvalue weighted by Gasteiger charge is 2.16. The van der Waals surface area contributed by atoms with Gasteiger partial charge in [0.2, 0.25) is 0 Å². The Morgan fingerprint density at radius 3 is 2.85 bits per heavy atom. The van der Waals surface area contributed by atoms with Crippen LogP contribution in [0.2, 0.25) is 0 Å². The number of hydrogen-bond acceptors (Lipinski definition) is 4. The van der Waals surface area contributed by atoms with Crippen LogP contribution in [0.3, 0.4) is 0 Å². The first-order valence-corrected chi connectivity index (χ1v) is 3.88. The summed E-state index contributed by atoms with van der Waals surface area (Å²) in [6.45, 7) is 2.05. The monoisotopic (exact) mass is 184 g/mol. The summed E-state index contributed by atoms with van der Waals surface area (Å²) in [6.07, 6.45) is 1.52. The van der Waals surface area contributed by atoms with Crippen molar-refractivity contribution in [1.82, 2.24) is 4.98 Å². The van der Waals surface area contributed by atoms with E-state index >= 15 is 0 Å². The van der Waals surface area contributed by atoms with E-state index in [4.69, 9.17) is 15.2 Å². The Labute approximate surface area is 75.8 Å². The molecule has 0 aliphatic rings. The third-order valence-corrected chi connectivity index (χ3v) is 1.58. The zero-order chi connectivity index (χ0) is 9.84. The molecule has 13 heavy (non-hydrogen) atoms. The number of nitrogens with one attached hydrogen (secondary N) is 1. The summed E-state index contributed by atoms with van der Waals surface area (Å²) in [4.78, 5) is 13.9. The summed E-state index contributed by atoms with van der Waals surface area (Å²) in [5, 5.41) is 0. The standard InChI is InChI=1S/C8H12N2O3/c1-3-13-8(11)7-6(9)5(12-2)4-10-7/h4,10H,3,9H2,1-2H3. The zero-order valence-electron chi connectivity index (χ0n) is 7.59. The summed E-state index contributed by atoms with van der Waals surface area (Å²) >= 11 is 0. The molecule has 0 fully saturated rings. The van der Waals surface area contributed by atoms with E-state index in [1.807, 2.05) is 0 Å². The Kier molecular flexibility index (Phi) is 2.79. The molecule has 1 aromatic rings. The number of rotatable bonds is 3. The number of nitrogen functional groups attached to an aromatic ring is 1. The minimum Gasteiger partial charge on any atom is -0.493 e. The SMILES string of the molecule is CCOC(=O)c1[nH]cc(OC)c1N. The van der Waals surface area contributed by atoms with Gasteiger partial charge >= 0.3 is 5.97 Å². The quantitative estimate of drug-likeness (QED) is 0.680. The van der Waals surface area contributed by atoms with Gasteiger partial charge in [-0.15, -0.1) is 0 Å². The summed E-state index contributed by atoms with van der Waals surface area (Å²) < 4.78 is 9.65. The molecule has 0 unspecified atom stereocenters. The van der Waals surface area contributed by atoms with E-state index in [1.54, 1.807) is 6.92 Å². The fraction of sp³-hybridized carbons (Fsp3) is 0.375. The lowest BCUT2D eigenvalue weighted by molar-refractivity contribution is 0.0521. The Morgan fingerprint density at radius 2 is 2.38 bits per heavy atom. The van der Waals surface area contributed by atoms with Gasteiger partial charge in [0.05, 0.1) is 13.7 Å². The number of aromatic nitrogens is 1. The molecule has 5 heteroatoms. The largest absolute Gasteiger partial charge is 0.493 e. The number of hydrogen-bond donors (Lipinski definition) is 2. The first kappa shape index (κ1) is 9.44. The predicted molar refractivity (Wildman–Crippen MR) is 47.7 cm³/mol. The van der Waals surface area contributed by atoms with Crippen molar-refractivity contribution in [3.05, 3.63) is 11.9 Å². The van der Waals surface area contributed by atoms with Gasteiger partial charge in [0.25, 0.3) is 0 Å². The maximum atomic E-state index is 11.2. The number of carbonyl (C=O) groups excluding carboxylic acids is 1. The summed E-state index contributed by atoms with van der Waals surface area (Å²) in [7, 11) is 1.48. The number of ether oxygens (including phenoxy) is 2. The van der Waals surface area contributed by atoms with E-state index in [9.17, 15) is 4.79 Å². The van der Waals surface area contributed by atoms with Crippen molar-refractivity contribution in [2.75, 3.05) is 19.5 Å². The van der Waals surface area contributed by atoms with Crippen LogP contribution in [0.4, 0.5) is 5.69 Å². The molecule has 1 rings (SSSR count). The van der Waals surface area contributed by atoms with Crippen molar-refractivity contribution in [1.29, 1.82) is 0 Å². The van der Waals surface area contributed by atoms with Crippen molar-refractivity contribution in [2.24, 2.45) is 0 Å². The summed E-state index contributed by atoms with van der Waals surface area (Å²) in [5.41, 5.74) is 6.10. The molecule has 72 valence electrons. The van der Waals surface area contributed by atoms with Crippen LogP contribution in [0.1, 0.15) is 17.4 Å². The Hall–Kier alpha value is -1.65. The van der Waals surface area contributed by atoms with Gasteiger partial charge in [-0.25, -0.2) is 4.79 Å². The molecule has 0 amide bonds. The third-order valence-electron chi connectivity index (χ3n) is 1.58. The smallest absolute Gasteiger partial charge is 0.357 e.